The van der Waals surface area contributed by atoms with Gasteiger partial charge >= 0.3 is 0 Å². The van der Waals surface area contributed by atoms with E-state index in [9.17, 15) is 33.2 Å². The third-order valence-electron chi connectivity index (χ3n) is 6.25. The summed E-state index contributed by atoms with van der Waals surface area (Å²) in [4.78, 5) is 42.3. The van der Waals surface area contributed by atoms with E-state index < -0.39 is 38.3 Å². The molecule has 3 aromatic carbocycles. The number of hydrogen-bond donors (Lipinski definition) is 1. The summed E-state index contributed by atoms with van der Waals surface area (Å²) >= 11 is 6.62. The lowest BCUT2D eigenvalue weighted by atomic mass is 9.92. The lowest BCUT2D eigenvalue weighted by Crippen LogP contribution is -2.31. The second-order valence-corrected chi connectivity index (χ2v) is 12.4. The predicted octanol–water partition coefficient (Wildman–Crippen LogP) is 5.63. The van der Waals surface area contributed by atoms with Gasteiger partial charge in [-0.25, -0.2) is 13.4 Å². The van der Waals surface area contributed by atoms with Crippen molar-refractivity contribution < 1.29 is 28.0 Å². The number of thiazole rings is 1. The van der Waals surface area contributed by atoms with Crippen molar-refractivity contribution in [2.24, 2.45) is 0 Å². The zero-order valence-corrected chi connectivity index (χ0v) is 22.9. The van der Waals surface area contributed by atoms with E-state index in [1.165, 1.54) is 24.3 Å². The number of amides is 1. The number of Topliss-reactive ketones (excluding diaryl/α,β-unsaturated/α-hetero) is 1. The van der Waals surface area contributed by atoms with Crippen molar-refractivity contribution >= 4 is 55.3 Å². The van der Waals surface area contributed by atoms with Gasteiger partial charge in [-0.3, -0.25) is 24.6 Å². The molecule has 0 saturated carbocycles. The van der Waals surface area contributed by atoms with Crippen LogP contribution in [0.3, 0.4) is 0 Å². The molecule has 1 N–H and O–H groups in total. The second kappa shape index (κ2) is 10.3. The number of carbonyl (C=O) groups excluding carboxylic acids is 2. The van der Waals surface area contributed by atoms with Crippen LogP contribution in [0.2, 0.25) is 5.02 Å². The number of halogens is 1. The van der Waals surface area contributed by atoms with Gasteiger partial charge in [0.25, 0.3) is 11.6 Å². The lowest BCUT2D eigenvalue weighted by Gasteiger charge is -2.24. The normalized spacial score (nSPS) is 15.5. The topological polar surface area (TPSA) is 148 Å². The van der Waals surface area contributed by atoms with Gasteiger partial charge in [0.15, 0.2) is 16.7 Å². The molecule has 0 fully saturated rings. The first-order chi connectivity index (χ1) is 19.0. The summed E-state index contributed by atoms with van der Waals surface area (Å²) in [6.45, 7) is 1.87. The number of nitro benzene ring substituents is 1. The number of sulfone groups is 1. The Morgan fingerprint density at radius 2 is 1.68 bits per heavy atom. The van der Waals surface area contributed by atoms with Crippen LogP contribution in [0.15, 0.2) is 99.4 Å². The Kier molecular flexibility index (Phi) is 7.00. The van der Waals surface area contributed by atoms with Crippen LogP contribution >= 0.6 is 22.9 Å². The van der Waals surface area contributed by atoms with E-state index in [1.54, 1.807) is 24.3 Å². The monoisotopic (exact) mass is 595 g/mol. The van der Waals surface area contributed by atoms with Crippen LogP contribution in [0, 0.1) is 17.0 Å². The second-order valence-electron chi connectivity index (χ2n) is 8.80. The van der Waals surface area contributed by atoms with Crippen molar-refractivity contribution in [3.8, 4) is 0 Å². The van der Waals surface area contributed by atoms with Gasteiger partial charge in [0.2, 0.25) is 9.84 Å². The Bertz CT molecular complexity index is 1800. The van der Waals surface area contributed by atoms with Gasteiger partial charge in [0, 0.05) is 22.7 Å². The van der Waals surface area contributed by atoms with Crippen LogP contribution in [-0.4, -0.2) is 35.1 Å². The molecule has 13 heteroatoms. The number of aliphatic hydroxyl groups is 1. The Morgan fingerprint density at radius 3 is 2.27 bits per heavy atom. The Hall–Kier alpha value is -4.39. The fourth-order valence-corrected chi connectivity index (χ4v) is 6.88. The highest BCUT2D eigenvalue weighted by Crippen LogP contribution is 2.44. The number of benzene rings is 3. The molecule has 10 nitrogen and oxygen atoms in total. The average Bonchev–Trinajstić information content (AvgIpc) is 3.53. The number of rotatable bonds is 7. The van der Waals surface area contributed by atoms with E-state index in [4.69, 9.17) is 11.6 Å². The number of nitro groups is 1. The molecule has 40 heavy (non-hydrogen) atoms. The summed E-state index contributed by atoms with van der Waals surface area (Å²) in [5.74, 6) is -2.30. The fraction of sp³-hybridized carbons (Fsp3) is 0.0741. The summed E-state index contributed by atoms with van der Waals surface area (Å²) in [7, 11) is -4.15. The number of aryl methyl sites for hydroxylation is 1. The highest BCUT2D eigenvalue weighted by Gasteiger charge is 2.46. The number of aliphatic hydroxyl groups excluding tert-OH is 1. The zero-order chi connectivity index (χ0) is 28.8. The van der Waals surface area contributed by atoms with E-state index in [-0.39, 0.29) is 31.1 Å². The van der Waals surface area contributed by atoms with Gasteiger partial charge in [0.05, 0.1) is 27.6 Å². The average molecular weight is 596 g/mol. The number of non-ortho nitro benzene ring substituents is 1. The number of carbonyl (C=O) groups is 2. The Morgan fingerprint density at radius 1 is 1.05 bits per heavy atom. The molecular weight excluding hydrogens is 578 g/mol. The number of anilines is 1. The van der Waals surface area contributed by atoms with E-state index in [2.05, 4.69) is 4.98 Å². The molecule has 1 atom stereocenters. The summed E-state index contributed by atoms with van der Waals surface area (Å²) in [6, 6.07) is 16.2. The highest BCUT2D eigenvalue weighted by atomic mass is 35.5. The molecule has 0 spiro atoms. The van der Waals surface area contributed by atoms with Crippen LogP contribution in [-0.2, 0) is 14.6 Å². The van der Waals surface area contributed by atoms with Crippen LogP contribution < -0.4 is 4.90 Å². The predicted molar refractivity (Wildman–Crippen MR) is 148 cm³/mol. The first-order valence-electron chi connectivity index (χ1n) is 11.6. The van der Waals surface area contributed by atoms with Crippen molar-refractivity contribution in [1.82, 2.24) is 4.98 Å². The number of aromatic nitrogens is 1. The lowest BCUT2D eigenvalue weighted by molar-refractivity contribution is -0.384. The van der Waals surface area contributed by atoms with E-state index in [0.29, 0.717) is 21.9 Å². The third kappa shape index (κ3) is 4.76. The third-order valence-corrected chi connectivity index (χ3v) is 9.73. The van der Waals surface area contributed by atoms with Crippen LogP contribution in [0.5, 0.6) is 0 Å². The van der Waals surface area contributed by atoms with Gasteiger partial charge in [-0.15, -0.1) is 0 Å². The number of ketones is 1. The molecule has 4 aromatic rings. The number of nitrogens with zero attached hydrogens (tertiary/aromatic N) is 3. The fourth-order valence-electron chi connectivity index (χ4n) is 4.20. The first kappa shape index (κ1) is 27.2. The molecule has 1 aliphatic heterocycles. The Labute approximate surface area is 236 Å². The van der Waals surface area contributed by atoms with E-state index in [1.807, 2.05) is 6.92 Å². The molecule has 202 valence electrons. The molecule has 0 aliphatic carbocycles. The maximum absolute atomic E-state index is 13.6. The molecule has 2 heterocycles. The molecule has 0 radical (unpaired) electrons. The minimum absolute atomic E-state index is 0.0680. The summed E-state index contributed by atoms with van der Waals surface area (Å²) in [6.07, 6.45) is 1.06. The van der Waals surface area contributed by atoms with Gasteiger partial charge in [-0.05, 0) is 48.9 Å². The van der Waals surface area contributed by atoms with Gasteiger partial charge < -0.3 is 5.11 Å². The van der Waals surface area contributed by atoms with Crippen molar-refractivity contribution in [3.63, 3.8) is 0 Å². The van der Waals surface area contributed by atoms with Crippen LogP contribution in [0.25, 0.3) is 0 Å². The standard InChI is InChI=1S/C27H18ClN3O7S2/c1-15-2-4-16(5-3-15)23-22(24(32)17-6-8-18(28)9-7-17)25(33)26(34)30(23)27-29-14-21(39-27)40(37,38)20-12-10-19(11-13-20)31(35)36/h2-14,23,33H,1H3. The maximum atomic E-state index is 13.6. The first-order valence-corrected chi connectivity index (χ1v) is 14.3. The quantitative estimate of drug-likeness (QED) is 0.164. The molecule has 5 rings (SSSR count). The smallest absolute Gasteiger partial charge is 0.296 e. The molecule has 1 aromatic heterocycles. The van der Waals surface area contributed by atoms with Crippen molar-refractivity contribution in [3.05, 3.63) is 122 Å². The van der Waals surface area contributed by atoms with Crippen molar-refractivity contribution in [2.75, 3.05) is 4.90 Å². The van der Waals surface area contributed by atoms with Gasteiger partial charge in [-0.1, -0.05) is 52.8 Å². The Balaban J connectivity index is 1.58. The summed E-state index contributed by atoms with van der Waals surface area (Å²) in [5.41, 5.74) is 1.15. The van der Waals surface area contributed by atoms with Crippen molar-refractivity contribution in [1.29, 1.82) is 0 Å². The van der Waals surface area contributed by atoms with Crippen molar-refractivity contribution in [2.45, 2.75) is 22.1 Å². The van der Waals surface area contributed by atoms with Crippen LogP contribution in [0.4, 0.5) is 10.8 Å². The van der Waals surface area contributed by atoms with Gasteiger partial charge in [-0.2, -0.15) is 0 Å². The molecule has 1 unspecified atom stereocenters. The van der Waals surface area contributed by atoms with Crippen LogP contribution in [0.1, 0.15) is 27.5 Å². The van der Waals surface area contributed by atoms with E-state index >= 15 is 0 Å². The molecule has 0 saturated heterocycles. The molecular formula is C27H18ClN3O7S2. The highest BCUT2D eigenvalue weighted by molar-refractivity contribution is 7.93. The largest absolute Gasteiger partial charge is 0.503 e. The number of hydrogen-bond acceptors (Lipinski definition) is 9. The van der Waals surface area contributed by atoms with Gasteiger partial charge in [0.1, 0.15) is 4.21 Å². The maximum Gasteiger partial charge on any atom is 0.296 e. The summed E-state index contributed by atoms with van der Waals surface area (Å²) < 4.78 is 26.2. The molecule has 1 aliphatic rings. The zero-order valence-electron chi connectivity index (χ0n) is 20.5. The summed E-state index contributed by atoms with van der Waals surface area (Å²) in [5, 5.41) is 22.2. The SMILES string of the molecule is Cc1ccc(C2C(C(=O)c3ccc(Cl)cc3)=C(O)C(=O)N2c2ncc(S(=O)(=O)c3ccc([N+](=O)[O-])cc3)s2)cc1. The molecule has 1 amide bonds. The molecule has 0 bridgehead atoms. The minimum atomic E-state index is -4.15. The van der Waals surface area contributed by atoms with E-state index in [0.717, 1.165) is 40.9 Å². The minimum Gasteiger partial charge on any atom is -0.503 e.